The summed E-state index contributed by atoms with van der Waals surface area (Å²) in [5.41, 5.74) is 1.72. The maximum atomic E-state index is 12.5. The van der Waals surface area contributed by atoms with E-state index in [0.717, 1.165) is 17.8 Å². The smallest absolute Gasteiger partial charge is 0.328 e. The fourth-order valence-electron chi connectivity index (χ4n) is 3.20. The molecule has 7 nitrogen and oxygen atoms in total. The van der Waals surface area contributed by atoms with Crippen LogP contribution in [0.4, 0.5) is 11.4 Å². The van der Waals surface area contributed by atoms with Crippen molar-refractivity contribution in [3.8, 4) is 0 Å². The van der Waals surface area contributed by atoms with Crippen molar-refractivity contribution < 1.29 is 4.79 Å². The van der Waals surface area contributed by atoms with Crippen LogP contribution in [0, 0.1) is 0 Å². The van der Waals surface area contributed by atoms with Crippen molar-refractivity contribution >= 4 is 28.2 Å². The number of carbonyl (C=O) groups is 1. The summed E-state index contributed by atoms with van der Waals surface area (Å²) < 4.78 is 1.23. The number of fused-ring (bicyclic) bond motifs is 1. The zero-order valence-corrected chi connectivity index (χ0v) is 16.8. The van der Waals surface area contributed by atoms with Crippen LogP contribution in [0.3, 0.4) is 0 Å². The van der Waals surface area contributed by atoms with Gasteiger partial charge in [-0.15, -0.1) is 0 Å². The Hall–Kier alpha value is -3.35. The van der Waals surface area contributed by atoms with E-state index >= 15 is 0 Å². The van der Waals surface area contributed by atoms with E-state index in [1.165, 1.54) is 4.57 Å². The molecule has 0 bridgehead atoms. The number of rotatable bonds is 8. The van der Waals surface area contributed by atoms with Crippen molar-refractivity contribution in [2.75, 3.05) is 24.3 Å². The maximum Gasteiger partial charge on any atom is 0.328 e. The summed E-state index contributed by atoms with van der Waals surface area (Å²) in [6, 6.07) is 14.7. The number of unbranched alkanes of at least 4 members (excludes halogenated alkanes) is 2. The topological polar surface area (TPSA) is 87.2 Å². The van der Waals surface area contributed by atoms with Gasteiger partial charge in [-0.05, 0) is 49.2 Å². The third-order valence-corrected chi connectivity index (χ3v) is 4.84. The van der Waals surface area contributed by atoms with E-state index in [2.05, 4.69) is 10.3 Å². The van der Waals surface area contributed by atoms with E-state index in [9.17, 15) is 14.4 Å². The van der Waals surface area contributed by atoms with Crippen LogP contribution in [-0.4, -0.2) is 29.6 Å². The predicted octanol–water partition coefficient (Wildman–Crippen LogP) is 2.95. The van der Waals surface area contributed by atoms with Crippen LogP contribution in [0.15, 0.2) is 58.1 Å². The zero-order chi connectivity index (χ0) is 20.8. The van der Waals surface area contributed by atoms with Crippen molar-refractivity contribution in [3.05, 3.63) is 69.4 Å². The Labute approximate surface area is 169 Å². The molecule has 0 spiro atoms. The van der Waals surface area contributed by atoms with E-state index in [1.54, 1.807) is 24.3 Å². The average Bonchev–Trinajstić information content (AvgIpc) is 2.70. The van der Waals surface area contributed by atoms with Crippen LogP contribution in [0.25, 0.3) is 10.9 Å². The van der Waals surface area contributed by atoms with Gasteiger partial charge in [-0.25, -0.2) is 4.79 Å². The number of hydrogen-bond donors (Lipinski definition) is 2. The van der Waals surface area contributed by atoms with Crippen molar-refractivity contribution in [2.24, 2.45) is 0 Å². The number of H-pyrrole nitrogens is 1. The Kier molecular flexibility index (Phi) is 6.49. The number of amides is 1. The minimum Gasteiger partial charge on any atom is -0.378 e. The number of aromatic amines is 1. The molecule has 3 rings (SSSR count). The largest absolute Gasteiger partial charge is 0.378 e. The van der Waals surface area contributed by atoms with Gasteiger partial charge in [-0.2, -0.15) is 0 Å². The number of nitrogens with zero attached hydrogens (tertiary/aromatic N) is 2. The summed E-state index contributed by atoms with van der Waals surface area (Å²) in [4.78, 5) is 41.4. The van der Waals surface area contributed by atoms with E-state index in [4.69, 9.17) is 0 Å². The molecule has 0 aliphatic carbocycles. The number of hydrogen-bond acceptors (Lipinski definition) is 4. The fraction of sp³-hybridized carbons (Fsp3) is 0.318. The van der Waals surface area contributed by atoms with Gasteiger partial charge >= 0.3 is 5.69 Å². The van der Waals surface area contributed by atoms with E-state index in [-0.39, 0.29) is 11.5 Å². The van der Waals surface area contributed by atoms with Gasteiger partial charge in [-0.1, -0.05) is 18.6 Å². The lowest BCUT2D eigenvalue weighted by Crippen LogP contribution is -2.35. The Morgan fingerprint density at radius 3 is 2.45 bits per heavy atom. The first kappa shape index (κ1) is 20.4. The molecule has 1 aromatic heterocycles. The lowest BCUT2D eigenvalue weighted by molar-refractivity contribution is -0.116. The first-order chi connectivity index (χ1) is 14.0. The standard InChI is InChI=1S/C22H26N4O3/c1-25(2)17-13-11-16(12-14-17)23-20(27)10-4-3-7-15-26-21(28)18-8-5-6-9-19(18)24-22(26)29/h5-6,8-9,11-14H,3-4,7,10,15H2,1-2H3,(H,23,27)(H,24,29). The number of nitrogens with one attached hydrogen (secondary N) is 2. The van der Waals surface area contributed by atoms with Gasteiger partial charge < -0.3 is 15.2 Å². The van der Waals surface area contributed by atoms with Gasteiger partial charge in [0, 0.05) is 38.4 Å². The minimum atomic E-state index is -0.396. The molecule has 2 N–H and O–H groups in total. The van der Waals surface area contributed by atoms with Gasteiger partial charge in [0.25, 0.3) is 5.56 Å². The van der Waals surface area contributed by atoms with Crippen LogP contribution in [0.2, 0.25) is 0 Å². The van der Waals surface area contributed by atoms with Crippen LogP contribution in [-0.2, 0) is 11.3 Å². The van der Waals surface area contributed by atoms with Gasteiger partial charge in [-0.3, -0.25) is 14.2 Å². The van der Waals surface area contributed by atoms with E-state index in [0.29, 0.717) is 36.7 Å². The van der Waals surface area contributed by atoms with Crippen LogP contribution >= 0.6 is 0 Å². The van der Waals surface area contributed by atoms with Crippen molar-refractivity contribution in [2.45, 2.75) is 32.2 Å². The second kappa shape index (κ2) is 9.23. The quantitative estimate of drug-likeness (QED) is 0.575. The summed E-state index contributed by atoms with van der Waals surface area (Å²) in [5, 5.41) is 3.39. The number of benzene rings is 2. The Morgan fingerprint density at radius 2 is 1.72 bits per heavy atom. The highest BCUT2D eigenvalue weighted by molar-refractivity contribution is 5.90. The molecule has 1 amide bonds. The lowest BCUT2D eigenvalue weighted by atomic mass is 10.1. The molecule has 2 aromatic carbocycles. The molecule has 29 heavy (non-hydrogen) atoms. The van der Waals surface area contributed by atoms with Crippen LogP contribution < -0.4 is 21.5 Å². The summed E-state index contributed by atoms with van der Waals surface area (Å²) in [6.45, 7) is 0.340. The Balaban J connectivity index is 1.46. The molecule has 0 saturated carbocycles. The maximum absolute atomic E-state index is 12.5. The molecule has 0 saturated heterocycles. The first-order valence-electron chi connectivity index (χ1n) is 9.75. The van der Waals surface area contributed by atoms with Crippen LogP contribution in [0.5, 0.6) is 0 Å². The number of para-hydroxylation sites is 1. The Morgan fingerprint density at radius 1 is 1.00 bits per heavy atom. The molecule has 152 valence electrons. The Bertz CT molecular complexity index is 1100. The van der Waals surface area contributed by atoms with Gasteiger partial charge in [0.2, 0.25) is 5.91 Å². The van der Waals surface area contributed by atoms with Gasteiger partial charge in [0.05, 0.1) is 10.9 Å². The second-order valence-corrected chi connectivity index (χ2v) is 7.23. The third-order valence-electron chi connectivity index (χ3n) is 4.84. The molecule has 0 aliphatic rings. The highest BCUT2D eigenvalue weighted by Crippen LogP contribution is 2.16. The number of aromatic nitrogens is 2. The highest BCUT2D eigenvalue weighted by atomic mass is 16.2. The molecule has 0 radical (unpaired) electrons. The molecule has 0 atom stereocenters. The van der Waals surface area contributed by atoms with Crippen molar-refractivity contribution in [3.63, 3.8) is 0 Å². The van der Waals surface area contributed by atoms with E-state index in [1.807, 2.05) is 43.3 Å². The average molecular weight is 394 g/mol. The molecule has 0 unspecified atom stereocenters. The highest BCUT2D eigenvalue weighted by Gasteiger charge is 2.07. The van der Waals surface area contributed by atoms with Crippen molar-refractivity contribution in [1.29, 1.82) is 0 Å². The third kappa shape index (κ3) is 5.13. The molecule has 1 heterocycles. The summed E-state index contributed by atoms with van der Waals surface area (Å²) in [7, 11) is 3.93. The molecular formula is C22H26N4O3. The SMILES string of the molecule is CN(C)c1ccc(NC(=O)CCCCCn2c(=O)[nH]c3ccccc3c2=O)cc1. The van der Waals surface area contributed by atoms with Crippen molar-refractivity contribution in [1.82, 2.24) is 9.55 Å². The summed E-state index contributed by atoms with van der Waals surface area (Å²) in [6.07, 6.45) is 2.51. The number of carbonyl (C=O) groups excluding carboxylic acids is 1. The van der Waals surface area contributed by atoms with Gasteiger partial charge in [0.1, 0.15) is 0 Å². The summed E-state index contributed by atoms with van der Waals surface area (Å²) in [5.74, 6) is -0.0386. The monoisotopic (exact) mass is 394 g/mol. The zero-order valence-electron chi connectivity index (χ0n) is 16.8. The lowest BCUT2D eigenvalue weighted by Gasteiger charge is -2.13. The van der Waals surface area contributed by atoms with Gasteiger partial charge in [0.15, 0.2) is 0 Å². The number of anilines is 2. The molecule has 7 heteroatoms. The molecule has 0 fully saturated rings. The predicted molar refractivity (Wildman–Crippen MR) is 117 cm³/mol. The normalized spacial score (nSPS) is 10.8. The fourth-order valence-corrected chi connectivity index (χ4v) is 3.20. The van der Waals surface area contributed by atoms with E-state index < -0.39 is 5.69 Å². The molecule has 3 aromatic rings. The summed E-state index contributed by atoms with van der Waals surface area (Å²) >= 11 is 0. The molecule has 0 aliphatic heterocycles. The second-order valence-electron chi connectivity index (χ2n) is 7.23. The van der Waals surface area contributed by atoms with Crippen LogP contribution in [0.1, 0.15) is 25.7 Å². The first-order valence-corrected chi connectivity index (χ1v) is 9.75. The minimum absolute atomic E-state index is 0.0386. The molecular weight excluding hydrogens is 368 g/mol.